The predicted molar refractivity (Wildman–Crippen MR) is 113 cm³/mol. The van der Waals surface area contributed by atoms with Crippen molar-refractivity contribution >= 4 is 29.3 Å². The van der Waals surface area contributed by atoms with Crippen molar-refractivity contribution in [1.29, 1.82) is 5.26 Å². The molecule has 1 aromatic heterocycles. The van der Waals surface area contributed by atoms with Crippen LogP contribution in [-0.2, 0) is 0 Å². The molecule has 0 fully saturated rings. The molecule has 5 nitrogen and oxygen atoms in total. The van der Waals surface area contributed by atoms with Crippen molar-refractivity contribution in [3.63, 3.8) is 0 Å². The van der Waals surface area contributed by atoms with Crippen molar-refractivity contribution < 1.29 is 4.79 Å². The molecule has 0 N–H and O–H groups in total. The Balaban J connectivity index is 1.91. The van der Waals surface area contributed by atoms with Gasteiger partial charge in [-0.25, -0.2) is 4.98 Å². The van der Waals surface area contributed by atoms with Crippen LogP contribution in [0.15, 0.2) is 77.6 Å². The number of nitriles is 1. The van der Waals surface area contributed by atoms with Crippen LogP contribution < -0.4 is 5.56 Å². The van der Waals surface area contributed by atoms with Crippen LogP contribution in [0.3, 0.4) is 0 Å². The summed E-state index contributed by atoms with van der Waals surface area (Å²) in [5, 5.41) is 9.43. The molecular formula is C24H15N3O2. The van der Waals surface area contributed by atoms with Crippen LogP contribution in [0.5, 0.6) is 0 Å². The van der Waals surface area contributed by atoms with Gasteiger partial charge >= 0.3 is 0 Å². The van der Waals surface area contributed by atoms with Crippen molar-refractivity contribution in [3.8, 4) is 11.8 Å². The summed E-state index contributed by atoms with van der Waals surface area (Å²) in [5.41, 5.74) is 2.88. The number of aldehydes is 1. The molecule has 3 aromatic carbocycles. The Morgan fingerprint density at radius 2 is 1.69 bits per heavy atom. The molecule has 0 saturated carbocycles. The van der Waals surface area contributed by atoms with E-state index in [-0.39, 0.29) is 5.56 Å². The van der Waals surface area contributed by atoms with Crippen LogP contribution in [0, 0.1) is 11.3 Å². The molecule has 5 heteroatoms. The minimum absolute atomic E-state index is 0.210. The van der Waals surface area contributed by atoms with Gasteiger partial charge in [-0.15, -0.1) is 0 Å². The average molecular weight is 377 g/mol. The SMILES string of the molecule is N#Cc1ccc(/C=C/c2nc3ccccc3c(=O)n2-c2cccc(C=O)c2)cc1. The standard InChI is InChI=1S/C24H15N3O2/c25-15-18-10-8-17(9-11-18)12-13-23-26-22-7-2-1-6-21(22)24(29)27(23)20-5-3-4-19(14-20)16-28/h1-14,16H/b13-12+. The van der Waals surface area contributed by atoms with E-state index in [1.807, 2.05) is 24.3 Å². The fraction of sp³-hybridized carbons (Fsp3) is 0. The van der Waals surface area contributed by atoms with Gasteiger partial charge in [0, 0.05) is 5.56 Å². The van der Waals surface area contributed by atoms with Crippen molar-refractivity contribution in [1.82, 2.24) is 9.55 Å². The van der Waals surface area contributed by atoms with Gasteiger partial charge in [0.25, 0.3) is 5.56 Å². The molecule has 29 heavy (non-hydrogen) atoms. The van der Waals surface area contributed by atoms with Crippen molar-refractivity contribution in [2.45, 2.75) is 0 Å². The van der Waals surface area contributed by atoms with E-state index in [9.17, 15) is 9.59 Å². The zero-order valence-electron chi connectivity index (χ0n) is 15.3. The molecule has 0 atom stereocenters. The Hall–Kier alpha value is -4.30. The van der Waals surface area contributed by atoms with Gasteiger partial charge in [0.2, 0.25) is 0 Å². The van der Waals surface area contributed by atoms with Crippen LogP contribution in [0.1, 0.15) is 27.3 Å². The molecule has 138 valence electrons. The molecule has 0 aliphatic carbocycles. The number of para-hydroxylation sites is 1. The number of hydrogen-bond acceptors (Lipinski definition) is 4. The maximum Gasteiger partial charge on any atom is 0.266 e. The van der Waals surface area contributed by atoms with Crippen molar-refractivity contribution in [2.24, 2.45) is 0 Å². The van der Waals surface area contributed by atoms with E-state index in [1.54, 1.807) is 60.7 Å². The van der Waals surface area contributed by atoms with Gasteiger partial charge in [-0.3, -0.25) is 14.2 Å². The lowest BCUT2D eigenvalue weighted by atomic mass is 10.1. The number of carbonyl (C=O) groups is 1. The molecular weight excluding hydrogens is 362 g/mol. The summed E-state index contributed by atoms with van der Waals surface area (Å²) < 4.78 is 1.50. The molecule has 0 spiro atoms. The second-order valence-corrected chi connectivity index (χ2v) is 6.41. The van der Waals surface area contributed by atoms with Gasteiger partial charge in [-0.05, 0) is 48.0 Å². The minimum atomic E-state index is -0.210. The van der Waals surface area contributed by atoms with Crippen LogP contribution >= 0.6 is 0 Å². The first kappa shape index (κ1) is 18.1. The largest absolute Gasteiger partial charge is 0.298 e. The number of fused-ring (bicyclic) bond motifs is 1. The number of nitrogens with zero attached hydrogens (tertiary/aromatic N) is 3. The zero-order chi connectivity index (χ0) is 20.2. The Morgan fingerprint density at radius 3 is 2.45 bits per heavy atom. The van der Waals surface area contributed by atoms with E-state index in [0.717, 1.165) is 11.8 Å². The first-order valence-corrected chi connectivity index (χ1v) is 8.95. The van der Waals surface area contributed by atoms with E-state index in [2.05, 4.69) is 11.1 Å². The smallest absolute Gasteiger partial charge is 0.266 e. The summed E-state index contributed by atoms with van der Waals surface area (Å²) in [6.07, 6.45) is 4.33. The lowest BCUT2D eigenvalue weighted by Crippen LogP contribution is -2.22. The van der Waals surface area contributed by atoms with Crippen molar-refractivity contribution in [2.75, 3.05) is 0 Å². The van der Waals surface area contributed by atoms with Crippen molar-refractivity contribution in [3.05, 3.63) is 106 Å². The monoisotopic (exact) mass is 377 g/mol. The van der Waals surface area contributed by atoms with E-state index >= 15 is 0 Å². The van der Waals surface area contributed by atoms with Crippen LogP contribution in [0.2, 0.25) is 0 Å². The van der Waals surface area contributed by atoms with Gasteiger partial charge in [-0.1, -0.05) is 42.5 Å². The summed E-state index contributed by atoms with van der Waals surface area (Å²) in [6, 6.07) is 23.2. The highest BCUT2D eigenvalue weighted by Crippen LogP contribution is 2.16. The fourth-order valence-electron chi connectivity index (χ4n) is 3.09. The molecule has 0 radical (unpaired) electrons. The second kappa shape index (κ2) is 7.75. The number of carbonyl (C=O) groups excluding carboxylic acids is 1. The summed E-state index contributed by atoms with van der Waals surface area (Å²) in [4.78, 5) is 29.1. The van der Waals surface area contributed by atoms with Gasteiger partial charge in [0.15, 0.2) is 0 Å². The third kappa shape index (κ3) is 3.60. The highest BCUT2D eigenvalue weighted by atomic mass is 16.1. The number of hydrogen-bond donors (Lipinski definition) is 0. The topological polar surface area (TPSA) is 75.8 Å². The van der Waals surface area contributed by atoms with Crippen LogP contribution in [0.4, 0.5) is 0 Å². The van der Waals surface area contributed by atoms with E-state index < -0.39 is 0 Å². The molecule has 0 aliphatic heterocycles. The Labute approximate surface area is 166 Å². The average Bonchev–Trinajstić information content (AvgIpc) is 2.78. The normalized spacial score (nSPS) is 10.9. The quantitative estimate of drug-likeness (QED) is 0.499. The molecule has 0 aliphatic rings. The highest BCUT2D eigenvalue weighted by Gasteiger charge is 2.11. The summed E-state index contributed by atoms with van der Waals surface area (Å²) in [7, 11) is 0. The molecule has 4 rings (SSSR count). The molecule has 0 saturated heterocycles. The lowest BCUT2D eigenvalue weighted by Gasteiger charge is -2.12. The van der Waals surface area contributed by atoms with Crippen LogP contribution in [0.25, 0.3) is 28.7 Å². The number of benzene rings is 3. The molecule has 0 unspecified atom stereocenters. The second-order valence-electron chi connectivity index (χ2n) is 6.41. The first-order chi connectivity index (χ1) is 14.2. The summed E-state index contributed by atoms with van der Waals surface area (Å²) in [6.45, 7) is 0. The third-order valence-corrected chi connectivity index (χ3v) is 4.53. The van der Waals surface area contributed by atoms with Gasteiger partial charge < -0.3 is 0 Å². The number of rotatable bonds is 4. The highest BCUT2D eigenvalue weighted by molar-refractivity contribution is 5.81. The Kier molecular flexibility index (Phi) is 4.83. The predicted octanol–water partition coefficient (Wildman–Crippen LogP) is 4.24. The summed E-state index contributed by atoms with van der Waals surface area (Å²) >= 11 is 0. The van der Waals surface area contributed by atoms with Gasteiger partial charge in [0.05, 0.1) is 28.2 Å². The zero-order valence-corrected chi connectivity index (χ0v) is 15.3. The molecule has 1 heterocycles. The molecule has 0 bridgehead atoms. The maximum atomic E-state index is 13.2. The van der Waals surface area contributed by atoms with Gasteiger partial charge in [0.1, 0.15) is 12.1 Å². The summed E-state index contributed by atoms with van der Waals surface area (Å²) in [5.74, 6) is 0.445. The van der Waals surface area contributed by atoms with Gasteiger partial charge in [-0.2, -0.15) is 5.26 Å². The Bertz CT molecular complexity index is 1340. The Morgan fingerprint density at radius 1 is 0.897 bits per heavy atom. The fourth-order valence-corrected chi connectivity index (χ4v) is 3.09. The van der Waals surface area contributed by atoms with E-state index in [0.29, 0.717) is 33.5 Å². The maximum absolute atomic E-state index is 13.2. The lowest BCUT2D eigenvalue weighted by molar-refractivity contribution is 0.112. The molecule has 0 amide bonds. The number of aromatic nitrogens is 2. The van der Waals surface area contributed by atoms with Crippen LogP contribution in [-0.4, -0.2) is 15.8 Å². The van der Waals surface area contributed by atoms with E-state index in [4.69, 9.17) is 5.26 Å². The molecule has 4 aromatic rings. The first-order valence-electron chi connectivity index (χ1n) is 8.95. The third-order valence-electron chi connectivity index (χ3n) is 4.53. The minimum Gasteiger partial charge on any atom is -0.298 e. The van der Waals surface area contributed by atoms with E-state index in [1.165, 1.54) is 4.57 Å².